The largest absolute Gasteiger partial charge is 0.487 e. The molecule has 8 nitrogen and oxygen atoms in total. The number of benzene rings is 1. The van der Waals surface area contributed by atoms with Crippen molar-refractivity contribution in [3.05, 3.63) is 42.7 Å². The van der Waals surface area contributed by atoms with E-state index < -0.39 is 22.2 Å². The zero-order valence-electron chi connectivity index (χ0n) is 19.9. The lowest BCUT2D eigenvalue weighted by atomic mass is 9.84. The molecule has 0 bridgehead atoms. The molecule has 34 heavy (non-hydrogen) atoms. The van der Waals surface area contributed by atoms with Crippen LogP contribution in [0, 0.1) is 11.8 Å². The van der Waals surface area contributed by atoms with Gasteiger partial charge in [-0.05, 0) is 43.5 Å². The predicted octanol–water partition coefficient (Wildman–Crippen LogP) is 2.78. The summed E-state index contributed by atoms with van der Waals surface area (Å²) in [5.41, 5.74) is 1.63. The van der Waals surface area contributed by atoms with Crippen LogP contribution in [0.2, 0.25) is 0 Å². The molecule has 1 aromatic carbocycles. The van der Waals surface area contributed by atoms with Gasteiger partial charge in [-0.1, -0.05) is 25.5 Å². The molecule has 0 radical (unpaired) electrons. The van der Waals surface area contributed by atoms with E-state index >= 15 is 0 Å². The first-order valence-corrected chi connectivity index (χ1v) is 13.2. The normalized spacial score (nSPS) is 23.5. The Kier molecular flexibility index (Phi) is 7.25. The molecule has 1 saturated carbocycles. The van der Waals surface area contributed by atoms with E-state index in [4.69, 9.17) is 4.74 Å². The van der Waals surface area contributed by atoms with Crippen molar-refractivity contribution in [3.63, 3.8) is 0 Å². The highest BCUT2D eigenvalue weighted by Crippen LogP contribution is 2.36. The molecule has 2 aliphatic rings. The lowest BCUT2D eigenvalue weighted by Crippen LogP contribution is -2.50. The minimum atomic E-state index is -3.91. The smallest absolute Gasteiger partial charge is 0.247 e. The van der Waals surface area contributed by atoms with E-state index in [9.17, 15) is 18.3 Å². The Hall–Kier alpha value is -2.49. The molecular formula is C25H33N3O5S. The summed E-state index contributed by atoms with van der Waals surface area (Å²) in [6.07, 6.45) is 5.89. The number of rotatable bonds is 6. The van der Waals surface area contributed by atoms with Gasteiger partial charge < -0.3 is 14.7 Å². The zero-order chi connectivity index (χ0) is 24.5. The first-order valence-electron chi connectivity index (χ1n) is 11.8. The number of likely N-dealkylation sites (N-methyl/N-ethyl adjacent to an activating group) is 1. The number of sulfonamides is 1. The van der Waals surface area contributed by atoms with Gasteiger partial charge in [0.1, 0.15) is 16.7 Å². The number of aliphatic hydroxyl groups is 1. The summed E-state index contributed by atoms with van der Waals surface area (Å²) in [7, 11) is -2.13. The number of pyridine rings is 1. The summed E-state index contributed by atoms with van der Waals surface area (Å²) >= 11 is 0. The average Bonchev–Trinajstić information content (AvgIpc) is 2.79. The van der Waals surface area contributed by atoms with Crippen molar-refractivity contribution in [2.75, 3.05) is 26.7 Å². The second-order valence-electron chi connectivity index (χ2n) is 9.49. The molecule has 9 heteroatoms. The molecule has 1 aromatic heterocycles. The lowest BCUT2D eigenvalue weighted by molar-refractivity contribution is -0.138. The van der Waals surface area contributed by atoms with Crippen LogP contribution in [0.3, 0.4) is 0 Å². The van der Waals surface area contributed by atoms with Crippen LogP contribution in [0.4, 0.5) is 0 Å². The van der Waals surface area contributed by atoms with Gasteiger partial charge in [0.05, 0.1) is 13.2 Å². The first kappa shape index (κ1) is 24.6. The van der Waals surface area contributed by atoms with Gasteiger partial charge in [0.2, 0.25) is 15.9 Å². The lowest BCUT2D eigenvalue weighted by Gasteiger charge is -2.38. The van der Waals surface area contributed by atoms with Gasteiger partial charge in [0, 0.05) is 49.4 Å². The third-order valence-corrected chi connectivity index (χ3v) is 8.97. The Bertz CT molecular complexity index is 1120. The van der Waals surface area contributed by atoms with Crippen LogP contribution in [0.5, 0.6) is 5.75 Å². The molecule has 4 rings (SSSR count). The Morgan fingerprint density at radius 3 is 2.68 bits per heavy atom. The van der Waals surface area contributed by atoms with Gasteiger partial charge >= 0.3 is 0 Å². The van der Waals surface area contributed by atoms with E-state index in [-0.39, 0.29) is 41.5 Å². The molecule has 0 unspecified atom stereocenters. The van der Waals surface area contributed by atoms with E-state index in [2.05, 4.69) is 4.98 Å². The van der Waals surface area contributed by atoms with Crippen LogP contribution in [0.1, 0.15) is 33.1 Å². The van der Waals surface area contributed by atoms with Crippen molar-refractivity contribution in [3.8, 4) is 16.9 Å². The fourth-order valence-corrected chi connectivity index (χ4v) is 6.31. The maximum absolute atomic E-state index is 13.6. The average molecular weight is 488 g/mol. The topological polar surface area (TPSA) is 100 Å². The summed E-state index contributed by atoms with van der Waals surface area (Å²) in [5, 5.41) is 9.79. The fraction of sp³-hybridized carbons (Fsp3) is 0.520. The molecule has 1 aliphatic carbocycles. The van der Waals surface area contributed by atoms with Gasteiger partial charge in [-0.3, -0.25) is 9.78 Å². The summed E-state index contributed by atoms with van der Waals surface area (Å²) < 4.78 is 34.9. The van der Waals surface area contributed by atoms with Gasteiger partial charge in [-0.2, -0.15) is 4.31 Å². The van der Waals surface area contributed by atoms with Crippen LogP contribution in [-0.2, 0) is 14.8 Å². The van der Waals surface area contributed by atoms with Crippen molar-refractivity contribution in [1.82, 2.24) is 14.2 Å². The Morgan fingerprint density at radius 1 is 1.29 bits per heavy atom. The number of hydrogen-bond acceptors (Lipinski definition) is 6. The highest BCUT2D eigenvalue weighted by molar-refractivity contribution is 7.89. The SMILES string of the molecule is C[C@@H]1CN([C@H](C)CO)S(=O)(=O)c2ccc(-c3cccnc3)cc2O[C@@H]1CN(C)C(=O)C1CCC1. The molecule has 1 aliphatic heterocycles. The van der Waals surface area contributed by atoms with E-state index in [1.54, 1.807) is 49.5 Å². The summed E-state index contributed by atoms with van der Waals surface area (Å²) in [6, 6.07) is 8.15. The predicted molar refractivity (Wildman–Crippen MR) is 129 cm³/mol. The third-order valence-electron chi connectivity index (χ3n) is 6.95. The fourth-order valence-electron chi connectivity index (χ4n) is 4.48. The molecule has 184 valence electrons. The van der Waals surface area contributed by atoms with Crippen molar-refractivity contribution < 1.29 is 23.1 Å². The van der Waals surface area contributed by atoms with Crippen LogP contribution >= 0.6 is 0 Å². The van der Waals surface area contributed by atoms with Gasteiger partial charge in [0.25, 0.3) is 0 Å². The standard InChI is InChI=1S/C25H33N3O5S/c1-17-14-28(18(2)16-29)34(31,32)24-10-9-20(21-8-5-11-26-13-21)12-22(24)33-23(17)15-27(3)25(30)19-6-4-7-19/h5,8-13,17-19,23,29H,4,6-7,14-16H2,1-3H3/t17-,18-,23-/m1/s1. The van der Waals surface area contributed by atoms with E-state index in [0.29, 0.717) is 6.54 Å². The maximum Gasteiger partial charge on any atom is 0.247 e. The Labute approximate surface area is 201 Å². The number of fused-ring (bicyclic) bond motifs is 1. The monoisotopic (exact) mass is 487 g/mol. The first-order chi connectivity index (χ1) is 16.2. The molecular weight excluding hydrogens is 454 g/mol. The highest BCUT2D eigenvalue weighted by atomic mass is 32.2. The molecule has 1 amide bonds. The van der Waals surface area contributed by atoms with Crippen molar-refractivity contribution in [2.24, 2.45) is 11.8 Å². The number of nitrogens with zero attached hydrogens (tertiary/aromatic N) is 3. The van der Waals surface area contributed by atoms with Crippen LogP contribution in [-0.4, -0.2) is 72.5 Å². The van der Waals surface area contributed by atoms with Crippen molar-refractivity contribution in [1.29, 1.82) is 0 Å². The quantitative estimate of drug-likeness (QED) is 0.673. The molecule has 2 heterocycles. The van der Waals surface area contributed by atoms with Gasteiger partial charge in [-0.25, -0.2) is 8.42 Å². The van der Waals surface area contributed by atoms with Crippen LogP contribution < -0.4 is 4.74 Å². The van der Waals surface area contributed by atoms with E-state index in [1.165, 1.54) is 4.31 Å². The van der Waals surface area contributed by atoms with E-state index in [1.807, 2.05) is 19.1 Å². The number of aromatic nitrogens is 1. The maximum atomic E-state index is 13.6. The Morgan fingerprint density at radius 2 is 2.06 bits per heavy atom. The molecule has 1 fully saturated rings. The summed E-state index contributed by atoms with van der Waals surface area (Å²) in [5.74, 6) is 0.222. The van der Waals surface area contributed by atoms with Crippen molar-refractivity contribution >= 4 is 15.9 Å². The minimum Gasteiger partial charge on any atom is -0.487 e. The molecule has 1 N–H and O–H groups in total. The minimum absolute atomic E-state index is 0.0605. The molecule has 0 spiro atoms. The number of carbonyl (C=O) groups is 1. The van der Waals surface area contributed by atoms with Crippen LogP contribution in [0.15, 0.2) is 47.6 Å². The van der Waals surface area contributed by atoms with Crippen molar-refractivity contribution in [2.45, 2.75) is 50.2 Å². The number of hydrogen-bond donors (Lipinski definition) is 1. The number of amides is 1. The summed E-state index contributed by atoms with van der Waals surface area (Å²) in [4.78, 5) is 18.7. The molecule has 2 aromatic rings. The van der Waals surface area contributed by atoms with Gasteiger partial charge in [0.15, 0.2) is 0 Å². The Balaban J connectivity index is 1.74. The second kappa shape index (κ2) is 10.0. The number of carbonyl (C=O) groups excluding carboxylic acids is 1. The van der Waals surface area contributed by atoms with Gasteiger partial charge in [-0.15, -0.1) is 0 Å². The highest BCUT2D eigenvalue weighted by Gasteiger charge is 2.39. The zero-order valence-corrected chi connectivity index (χ0v) is 20.7. The summed E-state index contributed by atoms with van der Waals surface area (Å²) in [6.45, 7) is 3.87. The second-order valence-corrected chi connectivity index (χ2v) is 11.3. The molecule has 0 saturated heterocycles. The third kappa shape index (κ3) is 4.82. The molecule has 3 atom stereocenters. The number of ether oxygens (including phenoxy) is 1. The van der Waals surface area contributed by atoms with E-state index in [0.717, 1.165) is 30.4 Å². The van der Waals surface area contributed by atoms with Crippen LogP contribution in [0.25, 0.3) is 11.1 Å². The number of aliphatic hydroxyl groups excluding tert-OH is 1.